The second kappa shape index (κ2) is 11.7. The summed E-state index contributed by atoms with van der Waals surface area (Å²) in [5, 5.41) is 6.55. The van der Waals surface area contributed by atoms with Gasteiger partial charge >= 0.3 is 0 Å². The fraction of sp³-hybridized carbons (Fsp3) is 0.333. The van der Waals surface area contributed by atoms with Crippen LogP contribution in [0.2, 0.25) is 0 Å². The van der Waals surface area contributed by atoms with Gasteiger partial charge in [-0.05, 0) is 30.7 Å². The molecule has 1 heterocycles. The van der Waals surface area contributed by atoms with Gasteiger partial charge in [0, 0.05) is 13.2 Å². The van der Waals surface area contributed by atoms with E-state index in [9.17, 15) is 0 Å². The van der Waals surface area contributed by atoms with Crippen LogP contribution < -0.4 is 15.4 Å². The largest absolute Gasteiger partial charge is 0.489 e. The van der Waals surface area contributed by atoms with E-state index in [1.54, 1.807) is 13.2 Å². The molecule has 2 N–H and O–H groups in total. The van der Waals surface area contributed by atoms with Crippen LogP contribution in [0, 0.1) is 0 Å². The predicted molar refractivity (Wildman–Crippen MR) is 109 cm³/mol. The van der Waals surface area contributed by atoms with E-state index in [-0.39, 0.29) is 30.1 Å². The molecule has 0 aliphatic rings. The molecule has 0 amide bonds. The molecule has 1 atom stereocenters. The molecule has 1 unspecified atom stereocenters. The first-order chi connectivity index (χ1) is 11.3. The topological polar surface area (TPSA) is 58.5 Å². The summed E-state index contributed by atoms with van der Waals surface area (Å²) in [5.41, 5.74) is 0.975. The van der Waals surface area contributed by atoms with Gasteiger partial charge < -0.3 is 15.4 Å². The first-order valence-electron chi connectivity index (χ1n) is 7.88. The third-order valence-corrected chi connectivity index (χ3v) is 3.39. The number of halogens is 1. The van der Waals surface area contributed by atoms with E-state index in [1.165, 1.54) is 0 Å². The van der Waals surface area contributed by atoms with Gasteiger partial charge in [-0.25, -0.2) is 0 Å². The molecule has 0 saturated heterocycles. The molecule has 1 aromatic heterocycles. The van der Waals surface area contributed by atoms with Crippen LogP contribution in [-0.4, -0.2) is 30.6 Å². The molecule has 130 valence electrons. The monoisotopic (exact) mass is 440 g/mol. The van der Waals surface area contributed by atoms with E-state index in [0.29, 0.717) is 13.1 Å². The standard InChI is InChI=1S/C18H24N4O.HI/c1-3-16(23-17-10-5-4-6-11-17)14-22-18(19-2)21-13-15-9-7-8-12-20-15;/h4-12,16H,3,13-14H2,1-2H3,(H2,19,21,22);1H. The van der Waals surface area contributed by atoms with Crippen molar-refractivity contribution in [2.45, 2.75) is 26.0 Å². The van der Waals surface area contributed by atoms with Crippen LogP contribution in [-0.2, 0) is 6.54 Å². The van der Waals surface area contributed by atoms with Crippen molar-refractivity contribution in [2.24, 2.45) is 4.99 Å². The number of guanidine groups is 1. The maximum absolute atomic E-state index is 5.96. The molecule has 6 heteroatoms. The Morgan fingerprint density at radius 1 is 1.12 bits per heavy atom. The smallest absolute Gasteiger partial charge is 0.191 e. The number of rotatable bonds is 7. The first kappa shape index (κ1) is 20.2. The molecule has 0 saturated carbocycles. The second-order valence-electron chi connectivity index (χ2n) is 5.09. The van der Waals surface area contributed by atoms with E-state index in [4.69, 9.17) is 4.74 Å². The molecule has 0 bridgehead atoms. The summed E-state index contributed by atoms with van der Waals surface area (Å²) in [5.74, 6) is 1.63. The fourth-order valence-corrected chi connectivity index (χ4v) is 2.07. The maximum atomic E-state index is 5.96. The lowest BCUT2D eigenvalue weighted by Gasteiger charge is -2.19. The van der Waals surface area contributed by atoms with Crippen LogP contribution in [0.4, 0.5) is 0 Å². The molecule has 2 rings (SSSR count). The quantitative estimate of drug-likeness (QED) is 0.395. The van der Waals surface area contributed by atoms with Crippen LogP contribution in [0.1, 0.15) is 19.0 Å². The van der Waals surface area contributed by atoms with Crippen LogP contribution in [0.15, 0.2) is 59.7 Å². The number of aliphatic imine (C=N–C) groups is 1. The summed E-state index contributed by atoms with van der Waals surface area (Å²) in [4.78, 5) is 8.51. The Morgan fingerprint density at radius 3 is 2.50 bits per heavy atom. The molecule has 1 aromatic carbocycles. The van der Waals surface area contributed by atoms with Gasteiger partial charge in [-0.1, -0.05) is 31.2 Å². The summed E-state index contributed by atoms with van der Waals surface area (Å²) >= 11 is 0. The van der Waals surface area contributed by atoms with Crippen molar-refractivity contribution in [3.8, 4) is 5.75 Å². The minimum absolute atomic E-state index is 0. The van der Waals surface area contributed by atoms with Crippen LogP contribution in [0.25, 0.3) is 0 Å². The van der Waals surface area contributed by atoms with E-state index in [0.717, 1.165) is 23.8 Å². The molecule has 24 heavy (non-hydrogen) atoms. The van der Waals surface area contributed by atoms with E-state index >= 15 is 0 Å². The van der Waals surface area contributed by atoms with Gasteiger partial charge in [-0.15, -0.1) is 24.0 Å². The SMILES string of the molecule is CCC(CNC(=NC)NCc1ccccn1)Oc1ccccc1.I. The van der Waals surface area contributed by atoms with Crippen molar-refractivity contribution in [3.63, 3.8) is 0 Å². The maximum Gasteiger partial charge on any atom is 0.191 e. The summed E-state index contributed by atoms with van der Waals surface area (Å²) in [6.45, 7) is 3.43. The molecular weight excluding hydrogens is 415 g/mol. The van der Waals surface area contributed by atoms with Crippen molar-refractivity contribution in [1.82, 2.24) is 15.6 Å². The van der Waals surface area contributed by atoms with Gasteiger partial charge in [-0.3, -0.25) is 9.98 Å². The lowest BCUT2D eigenvalue weighted by atomic mass is 10.2. The Labute approximate surface area is 161 Å². The minimum Gasteiger partial charge on any atom is -0.489 e. The summed E-state index contributed by atoms with van der Waals surface area (Å²) in [7, 11) is 1.76. The van der Waals surface area contributed by atoms with Crippen molar-refractivity contribution in [1.29, 1.82) is 0 Å². The summed E-state index contributed by atoms with van der Waals surface area (Å²) in [6, 6.07) is 15.7. The number of pyridine rings is 1. The zero-order chi connectivity index (χ0) is 16.3. The van der Waals surface area contributed by atoms with Gasteiger partial charge in [0.2, 0.25) is 0 Å². The number of benzene rings is 1. The van der Waals surface area contributed by atoms with Gasteiger partial charge in [0.25, 0.3) is 0 Å². The van der Waals surface area contributed by atoms with Crippen LogP contribution in [0.3, 0.4) is 0 Å². The lowest BCUT2D eigenvalue weighted by molar-refractivity contribution is 0.199. The molecule has 0 spiro atoms. The van der Waals surface area contributed by atoms with Crippen molar-refractivity contribution in [2.75, 3.05) is 13.6 Å². The normalized spacial score (nSPS) is 12.0. The van der Waals surface area contributed by atoms with E-state index in [2.05, 4.69) is 27.5 Å². The van der Waals surface area contributed by atoms with Gasteiger partial charge in [-0.2, -0.15) is 0 Å². The average Bonchev–Trinajstić information content (AvgIpc) is 2.62. The Hall–Kier alpha value is -1.83. The number of nitrogens with one attached hydrogen (secondary N) is 2. The van der Waals surface area contributed by atoms with Gasteiger partial charge in [0.1, 0.15) is 11.9 Å². The van der Waals surface area contributed by atoms with Crippen LogP contribution in [0.5, 0.6) is 5.75 Å². The van der Waals surface area contributed by atoms with Crippen molar-refractivity contribution < 1.29 is 4.74 Å². The Morgan fingerprint density at radius 2 is 1.88 bits per heavy atom. The number of ether oxygens (including phenoxy) is 1. The second-order valence-corrected chi connectivity index (χ2v) is 5.09. The van der Waals surface area contributed by atoms with Crippen molar-refractivity contribution >= 4 is 29.9 Å². The molecule has 5 nitrogen and oxygen atoms in total. The zero-order valence-corrected chi connectivity index (χ0v) is 16.4. The highest BCUT2D eigenvalue weighted by Crippen LogP contribution is 2.11. The molecule has 0 radical (unpaired) electrons. The predicted octanol–water partition coefficient (Wildman–Crippen LogP) is 3.22. The molecule has 2 aromatic rings. The molecular formula is C18H25IN4O. The number of hydrogen-bond acceptors (Lipinski definition) is 3. The van der Waals surface area contributed by atoms with Gasteiger partial charge in [0.15, 0.2) is 5.96 Å². The first-order valence-corrected chi connectivity index (χ1v) is 7.88. The number of aromatic nitrogens is 1. The van der Waals surface area contributed by atoms with E-state index in [1.807, 2.05) is 48.5 Å². The van der Waals surface area contributed by atoms with Crippen molar-refractivity contribution in [3.05, 3.63) is 60.4 Å². The summed E-state index contributed by atoms with van der Waals surface area (Å²) in [6.07, 6.45) is 2.79. The highest BCUT2D eigenvalue weighted by Gasteiger charge is 2.09. The third kappa shape index (κ3) is 7.16. The van der Waals surface area contributed by atoms with E-state index < -0.39 is 0 Å². The fourth-order valence-electron chi connectivity index (χ4n) is 2.07. The summed E-state index contributed by atoms with van der Waals surface area (Å²) < 4.78 is 5.96. The van der Waals surface area contributed by atoms with Crippen LogP contribution >= 0.6 is 24.0 Å². The highest BCUT2D eigenvalue weighted by molar-refractivity contribution is 14.0. The Kier molecular flexibility index (Phi) is 9.83. The number of hydrogen-bond donors (Lipinski definition) is 2. The zero-order valence-electron chi connectivity index (χ0n) is 14.1. The lowest BCUT2D eigenvalue weighted by Crippen LogP contribution is -2.42. The minimum atomic E-state index is 0. The van der Waals surface area contributed by atoms with Gasteiger partial charge in [0.05, 0.1) is 18.8 Å². The Balaban J connectivity index is 0.00000288. The molecule has 0 aliphatic heterocycles. The average molecular weight is 440 g/mol. The third-order valence-electron chi connectivity index (χ3n) is 3.39. The molecule has 0 aliphatic carbocycles. The Bertz CT molecular complexity index is 592. The number of para-hydroxylation sites is 1. The highest BCUT2D eigenvalue weighted by atomic mass is 127. The number of nitrogens with zero attached hydrogens (tertiary/aromatic N) is 2. The molecule has 0 fully saturated rings.